The summed E-state index contributed by atoms with van der Waals surface area (Å²) >= 11 is 0. The molecule has 7 heteroatoms. The van der Waals surface area contributed by atoms with Crippen molar-refractivity contribution in [2.24, 2.45) is 14.1 Å². The fourth-order valence-electron chi connectivity index (χ4n) is 3.69. The van der Waals surface area contributed by atoms with E-state index >= 15 is 0 Å². The third-order valence-electron chi connectivity index (χ3n) is 5.18. The number of rotatable bonds is 4. The first kappa shape index (κ1) is 16.6. The van der Waals surface area contributed by atoms with Crippen LogP contribution in [0.25, 0.3) is 11.2 Å². The molecule has 3 aromatic rings. The van der Waals surface area contributed by atoms with Crippen molar-refractivity contribution >= 4 is 17.1 Å². The van der Waals surface area contributed by atoms with Crippen LogP contribution in [0.2, 0.25) is 0 Å². The number of aromatic nitrogens is 4. The molecule has 1 aliphatic rings. The molecular formula is C19H23N5O2. The predicted octanol–water partition coefficient (Wildman–Crippen LogP) is 1.28. The van der Waals surface area contributed by atoms with Crippen LogP contribution in [0.3, 0.4) is 0 Å². The first-order chi connectivity index (χ1) is 12.6. The standard InChI is InChI=1S/C19H23N5O2/c1-21-16-15(17(25)22(2)19(21)26)24(13-10-14-8-4-3-5-9-14)18(20-16)23-11-6-7-12-23/h3-5,8-9H,6-7,10-13H2,1-2H3. The van der Waals surface area contributed by atoms with Gasteiger partial charge in [-0.15, -0.1) is 0 Å². The topological polar surface area (TPSA) is 65.1 Å². The summed E-state index contributed by atoms with van der Waals surface area (Å²) in [6.45, 7) is 2.52. The Balaban J connectivity index is 1.88. The second kappa shape index (κ2) is 6.48. The summed E-state index contributed by atoms with van der Waals surface area (Å²) in [5, 5.41) is 0. The minimum Gasteiger partial charge on any atom is -0.342 e. The van der Waals surface area contributed by atoms with E-state index in [0.29, 0.717) is 17.7 Å². The fourth-order valence-corrected chi connectivity index (χ4v) is 3.69. The van der Waals surface area contributed by atoms with Crippen molar-refractivity contribution in [1.29, 1.82) is 0 Å². The van der Waals surface area contributed by atoms with E-state index < -0.39 is 0 Å². The lowest BCUT2D eigenvalue weighted by Crippen LogP contribution is -2.37. The summed E-state index contributed by atoms with van der Waals surface area (Å²) in [5.74, 6) is 0.798. The Morgan fingerprint density at radius 3 is 2.38 bits per heavy atom. The van der Waals surface area contributed by atoms with Gasteiger partial charge in [0, 0.05) is 33.7 Å². The maximum atomic E-state index is 12.8. The van der Waals surface area contributed by atoms with Crippen LogP contribution in [-0.4, -0.2) is 31.8 Å². The summed E-state index contributed by atoms with van der Waals surface area (Å²) in [6, 6.07) is 10.2. The Bertz CT molecular complexity index is 1060. The van der Waals surface area contributed by atoms with Crippen molar-refractivity contribution in [2.75, 3.05) is 18.0 Å². The van der Waals surface area contributed by atoms with Crippen LogP contribution >= 0.6 is 0 Å². The molecule has 2 aromatic heterocycles. The van der Waals surface area contributed by atoms with E-state index in [1.807, 2.05) is 22.8 Å². The molecule has 26 heavy (non-hydrogen) atoms. The molecule has 7 nitrogen and oxygen atoms in total. The number of nitrogens with zero attached hydrogens (tertiary/aromatic N) is 5. The van der Waals surface area contributed by atoms with E-state index in [9.17, 15) is 9.59 Å². The molecule has 0 aliphatic carbocycles. The normalized spacial score (nSPS) is 14.5. The van der Waals surface area contributed by atoms with Gasteiger partial charge in [0.1, 0.15) is 0 Å². The van der Waals surface area contributed by atoms with Gasteiger partial charge in [0.15, 0.2) is 11.2 Å². The minimum atomic E-state index is -0.344. The first-order valence-corrected chi connectivity index (χ1v) is 9.03. The highest BCUT2D eigenvalue weighted by atomic mass is 16.2. The lowest BCUT2D eigenvalue weighted by atomic mass is 10.1. The summed E-state index contributed by atoms with van der Waals surface area (Å²) in [5.41, 5.74) is 1.56. The van der Waals surface area contributed by atoms with E-state index in [1.165, 1.54) is 17.2 Å². The van der Waals surface area contributed by atoms with Crippen LogP contribution in [0.1, 0.15) is 18.4 Å². The molecule has 1 saturated heterocycles. The average molecular weight is 353 g/mol. The van der Waals surface area contributed by atoms with Crippen molar-refractivity contribution < 1.29 is 0 Å². The van der Waals surface area contributed by atoms with Gasteiger partial charge in [0.25, 0.3) is 5.56 Å². The Hall–Kier alpha value is -2.83. The molecule has 0 bridgehead atoms. The maximum absolute atomic E-state index is 12.8. The molecule has 0 unspecified atom stereocenters. The molecule has 0 radical (unpaired) electrons. The second-order valence-electron chi connectivity index (χ2n) is 6.87. The summed E-state index contributed by atoms with van der Waals surface area (Å²) in [6.07, 6.45) is 3.05. The second-order valence-corrected chi connectivity index (χ2v) is 6.87. The van der Waals surface area contributed by atoms with Crippen LogP contribution < -0.4 is 16.1 Å². The number of anilines is 1. The van der Waals surface area contributed by atoms with Crippen molar-refractivity contribution in [2.45, 2.75) is 25.8 Å². The predicted molar refractivity (Wildman–Crippen MR) is 102 cm³/mol. The van der Waals surface area contributed by atoms with E-state index in [-0.39, 0.29) is 11.2 Å². The number of benzene rings is 1. The highest BCUT2D eigenvalue weighted by molar-refractivity contribution is 5.74. The zero-order valence-electron chi connectivity index (χ0n) is 15.2. The third kappa shape index (κ3) is 2.64. The first-order valence-electron chi connectivity index (χ1n) is 9.03. The van der Waals surface area contributed by atoms with Crippen molar-refractivity contribution in [1.82, 2.24) is 18.7 Å². The Morgan fingerprint density at radius 1 is 1.00 bits per heavy atom. The Labute approximate surface area is 151 Å². The Kier molecular flexibility index (Phi) is 4.14. The zero-order valence-corrected chi connectivity index (χ0v) is 15.2. The van der Waals surface area contributed by atoms with E-state index in [4.69, 9.17) is 4.98 Å². The number of hydrogen-bond acceptors (Lipinski definition) is 4. The van der Waals surface area contributed by atoms with Gasteiger partial charge in [-0.25, -0.2) is 4.79 Å². The molecule has 0 atom stereocenters. The molecule has 0 amide bonds. The van der Waals surface area contributed by atoms with Gasteiger partial charge < -0.3 is 9.47 Å². The van der Waals surface area contributed by atoms with Gasteiger partial charge in [-0.3, -0.25) is 13.9 Å². The number of imidazole rings is 1. The zero-order chi connectivity index (χ0) is 18.3. The van der Waals surface area contributed by atoms with Gasteiger partial charge in [-0.1, -0.05) is 30.3 Å². The van der Waals surface area contributed by atoms with Crippen LogP contribution in [0, 0.1) is 0 Å². The van der Waals surface area contributed by atoms with E-state index in [0.717, 1.165) is 42.9 Å². The third-order valence-corrected chi connectivity index (χ3v) is 5.18. The SMILES string of the molecule is Cn1c(=O)c2c(nc(N3CCCC3)n2CCc2ccccc2)n(C)c1=O. The van der Waals surface area contributed by atoms with Crippen LogP contribution in [0.15, 0.2) is 39.9 Å². The molecule has 4 rings (SSSR count). The summed E-state index contributed by atoms with van der Waals surface area (Å²) < 4.78 is 4.63. The molecule has 1 fully saturated rings. The summed E-state index contributed by atoms with van der Waals surface area (Å²) in [7, 11) is 3.20. The van der Waals surface area contributed by atoms with Crippen LogP contribution in [0.5, 0.6) is 0 Å². The lowest BCUT2D eigenvalue weighted by Gasteiger charge is -2.18. The van der Waals surface area contributed by atoms with Crippen LogP contribution in [0.4, 0.5) is 5.95 Å². The van der Waals surface area contributed by atoms with Crippen LogP contribution in [-0.2, 0) is 27.1 Å². The fraction of sp³-hybridized carbons (Fsp3) is 0.421. The molecule has 3 heterocycles. The molecule has 0 saturated carbocycles. The van der Waals surface area contributed by atoms with Crippen molar-refractivity contribution in [3.05, 3.63) is 56.7 Å². The maximum Gasteiger partial charge on any atom is 0.332 e. The van der Waals surface area contributed by atoms with Gasteiger partial charge in [0.2, 0.25) is 5.95 Å². The van der Waals surface area contributed by atoms with Gasteiger partial charge in [0.05, 0.1) is 0 Å². The van der Waals surface area contributed by atoms with Gasteiger partial charge in [-0.05, 0) is 24.8 Å². The molecule has 0 spiro atoms. The lowest BCUT2D eigenvalue weighted by molar-refractivity contribution is 0.678. The Morgan fingerprint density at radius 2 is 1.69 bits per heavy atom. The van der Waals surface area contributed by atoms with E-state index in [2.05, 4.69) is 17.0 Å². The van der Waals surface area contributed by atoms with Crippen molar-refractivity contribution in [3.63, 3.8) is 0 Å². The number of fused-ring (bicyclic) bond motifs is 1. The molecule has 0 N–H and O–H groups in total. The van der Waals surface area contributed by atoms with Gasteiger partial charge >= 0.3 is 5.69 Å². The highest BCUT2D eigenvalue weighted by Gasteiger charge is 2.24. The highest BCUT2D eigenvalue weighted by Crippen LogP contribution is 2.23. The minimum absolute atomic E-state index is 0.283. The molecule has 136 valence electrons. The molecule has 1 aliphatic heterocycles. The smallest absolute Gasteiger partial charge is 0.332 e. The van der Waals surface area contributed by atoms with Crippen molar-refractivity contribution in [3.8, 4) is 0 Å². The average Bonchev–Trinajstić information content (AvgIpc) is 3.31. The van der Waals surface area contributed by atoms with Gasteiger partial charge in [-0.2, -0.15) is 4.98 Å². The molecular weight excluding hydrogens is 330 g/mol. The summed E-state index contributed by atoms with van der Waals surface area (Å²) in [4.78, 5) is 32.0. The van der Waals surface area contributed by atoms with E-state index in [1.54, 1.807) is 7.05 Å². The quantitative estimate of drug-likeness (QED) is 0.709. The number of aryl methyl sites for hydroxylation is 3. The largest absolute Gasteiger partial charge is 0.342 e. The molecule has 1 aromatic carbocycles. The number of hydrogen-bond donors (Lipinski definition) is 0. The monoisotopic (exact) mass is 353 g/mol.